The Labute approximate surface area is 187 Å². The largest absolute Gasteiger partial charge is 0.490 e. The molecule has 1 fully saturated rings. The van der Waals surface area contributed by atoms with E-state index in [1.54, 1.807) is 11.8 Å². The first-order valence-electron chi connectivity index (χ1n) is 9.61. The highest BCUT2D eigenvalue weighted by Gasteiger charge is 2.47. The molecule has 0 spiro atoms. The number of aryl methyl sites for hydroxylation is 1. The van der Waals surface area contributed by atoms with Crippen molar-refractivity contribution >= 4 is 49.4 Å². The lowest BCUT2D eigenvalue weighted by Crippen LogP contribution is -2.53. The molecule has 0 saturated carbocycles. The van der Waals surface area contributed by atoms with Gasteiger partial charge in [-0.15, -0.1) is 11.8 Å². The number of benzene rings is 2. The van der Waals surface area contributed by atoms with Crippen molar-refractivity contribution in [2.45, 2.75) is 35.8 Å². The summed E-state index contributed by atoms with van der Waals surface area (Å²) in [6, 6.07) is 12.2. The summed E-state index contributed by atoms with van der Waals surface area (Å²) in [6.45, 7) is 5.29. The molecule has 2 aliphatic heterocycles. The lowest BCUT2D eigenvalue weighted by Gasteiger charge is -2.40. The van der Waals surface area contributed by atoms with E-state index in [0.717, 1.165) is 26.9 Å². The summed E-state index contributed by atoms with van der Waals surface area (Å²) in [5.41, 5.74) is 1.88. The van der Waals surface area contributed by atoms with Crippen LogP contribution in [0.2, 0.25) is 0 Å². The Morgan fingerprint density at radius 3 is 2.54 bits per heavy atom. The standard InChI is InChI=1S/C22H23Br2NO2S/c1-15-5-7-17(8-6-15)28-22(13-25-9-3-2-4-10-25)14-27-20-18(21(22)26)11-16(23)12-19(20)24/h5-8,11-12H,2-4,9-10,13-14H2,1H3/t22-/m1/s1. The second kappa shape index (κ2) is 8.50. The van der Waals surface area contributed by atoms with Crippen LogP contribution in [-0.2, 0) is 0 Å². The third-order valence-corrected chi connectivity index (χ3v) is 7.76. The number of piperidine rings is 1. The van der Waals surface area contributed by atoms with E-state index in [1.165, 1.54) is 24.8 Å². The van der Waals surface area contributed by atoms with E-state index in [4.69, 9.17) is 4.74 Å². The van der Waals surface area contributed by atoms with Gasteiger partial charge in [-0.1, -0.05) is 40.0 Å². The fraction of sp³-hybridized carbons (Fsp3) is 0.409. The van der Waals surface area contributed by atoms with Crippen LogP contribution in [0.4, 0.5) is 0 Å². The van der Waals surface area contributed by atoms with Crippen molar-refractivity contribution in [1.29, 1.82) is 0 Å². The number of Topliss-reactive ketones (excluding diaryl/α,β-unsaturated/α-hetero) is 1. The molecule has 0 aromatic heterocycles. The molecule has 148 valence electrons. The minimum Gasteiger partial charge on any atom is -0.490 e. The molecule has 0 amide bonds. The average molecular weight is 525 g/mol. The van der Waals surface area contributed by atoms with E-state index in [0.29, 0.717) is 24.5 Å². The number of thioether (sulfide) groups is 1. The molecule has 4 rings (SSSR count). The highest BCUT2D eigenvalue weighted by molar-refractivity contribution is 9.11. The smallest absolute Gasteiger partial charge is 0.187 e. The normalized spacial score (nSPS) is 22.6. The molecule has 6 heteroatoms. The number of halogens is 2. The first kappa shape index (κ1) is 20.5. The summed E-state index contributed by atoms with van der Waals surface area (Å²) < 4.78 is 7.25. The van der Waals surface area contributed by atoms with Gasteiger partial charge in [0.15, 0.2) is 5.78 Å². The van der Waals surface area contributed by atoms with Gasteiger partial charge < -0.3 is 9.64 Å². The summed E-state index contributed by atoms with van der Waals surface area (Å²) in [6.07, 6.45) is 3.68. The van der Waals surface area contributed by atoms with Crippen LogP contribution in [0, 0.1) is 6.92 Å². The number of nitrogens with zero attached hydrogens (tertiary/aromatic N) is 1. The Balaban J connectivity index is 1.71. The van der Waals surface area contributed by atoms with Gasteiger partial charge in [0.1, 0.15) is 17.1 Å². The van der Waals surface area contributed by atoms with Crippen molar-refractivity contribution in [3.8, 4) is 5.75 Å². The Kier molecular flexibility index (Phi) is 6.21. The van der Waals surface area contributed by atoms with Gasteiger partial charge >= 0.3 is 0 Å². The summed E-state index contributed by atoms with van der Waals surface area (Å²) >= 11 is 8.72. The number of carbonyl (C=O) groups excluding carboxylic acids is 1. The van der Waals surface area contributed by atoms with Gasteiger partial charge in [0.25, 0.3) is 0 Å². The second-order valence-corrected chi connectivity index (χ2v) is 10.9. The first-order valence-corrected chi connectivity index (χ1v) is 12.0. The fourth-order valence-corrected chi connectivity index (χ4v) is 6.54. The Morgan fingerprint density at radius 2 is 1.82 bits per heavy atom. The second-order valence-electron chi connectivity index (χ2n) is 7.63. The van der Waals surface area contributed by atoms with E-state index >= 15 is 0 Å². The quantitative estimate of drug-likeness (QED) is 0.482. The van der Waals surface area contributed by atoms with Crippen molar-refractivity contribution in [3.63, 3.8) is 0 Å². The average Bonchev–Trinajstić information content (AvgIpc) is 2.68. The molecule has 0 bridgehead atoms. The van der Waals surface area contributed by atoms with Crippen LogP contribution in [0.25, 0.3) is 0 Å². The number of likely N-dealkylation sites (tertiary alicyclic amines) is 1. The molecule has 2 aromatic rings. The zero-order chi connectivity index (χ0) is 19.7. The molecule has 0 N–H and O–H groups in total. The maximum absolute atomic E-state index is 13.8. The van der Waals surface area contributed by atoms with E-state index < -0.39 is 4.75 Å². The number of carbonyl (C=O) groups is 1. The van der Waals surface area contributed by atoms with Crippen molar-refractivity contribution in [2.75, 3.05) is 26.2 Å². The number of hydrogen-bond donors (Lipinski definition) is 0. The molecule has 2 aromatic carbocycles. The molecule has 1 atom stereocenters. The molecule has 0 unspecified atom stereocenters. The van der Waals surface area contributed by atoms with Gasteiger partial charge in [-0.2, -0.15) is 0 Å². The number of fused-ring (bicyclic) bond motifs is 1. The van der Waals surface area contributed by atoms with Crippen molar-refractivity contribution in [3.05, 3.63) is 56.5 Å². The van der Waals surface area contributed by atoms with Gasteiger partial charge in [0, 0.05) is 15.9 Å². The van der Waals surface area contributed by atoms with Crippen molar-refractivity contribution in [2.24, 2.45) is 0 Å². The number of ketones is 1. The van der Waals surface area contributed by atoms with E-state index in [1.807, 2.05) is 12.1 Å². The van der Waals surface area contributed by atoms with Crippen molar-refractivity contribution in [1.82, 2.24) is 4.90 Å². The van der Waals surface area contributed by atoms with Crippen LogP contribution in [0.15, 0.2) is 50.2 Å². The monoisotopic (exact) mass is 523 g/mol. The number of ether oxygens (including phenoxy) is 1. The molecule has 2 heterocycles. The minimum absolute atomic E-state index is 0.159. The zero-order valence-corrected chi connectivity index (χ0v) is 19.8. The van der Waals surface area contributed by atoms with Gasteiger partial charge in [-0.05, 0) is 73.1 Å². The molecule has 0 aliphatic carbocycles. The molecule has 28 heavy (non-hydrogen) atoms. The molecular weight excluding hydrogens is 502 g/mol. The maximum Gasteiger partial charge on any atom is 0.187 e. The van der Waals surface area contributed by atoms with E-state index in [9.17, 15) is 4.79 Å². The van der Waals surface area contributed by atoms with Gasteiger partial charge in [-0.3, -0.25) is 4.79 Å². The maximum atomic E-state index is 13.8. The fourth-order valence-electron chi connectivity index (χ4n) is 3.91. The molecule has 1 saturated heterocycles. The topological polar surface area (TPSA) is 29.5 Å². The van der Waals surface area contributed by atoms with Gasteiger partial charge in [0.05, 0.1) is 10.0 Å². The highest BCUT2D eigenvalue weighted by Crippen LogP contribution is 2.45. The minimum atomic E-state index is -0.639. The van der Waals surface area contributed by atoms with Crippen LogP contribution >= 0.6 is 43.6 Å². The van der Waals surface area contributed by atoms with Crippen LogP contribution in [0.5, 0.6) is 5.75 Å². The third kappa shape index (κ3) is 4.20. The number of hydrogen-bond acceptors (Lipinski definition) is 4. The third-order valence-electron chi connectivity index (χ3n) is 5.38. The van der Waals surface area contributed by atoms with Gasteiger partial charge in [0.2, 0.25) is 0 Å². The first-order chi connectivity index (χ1) is 13.5. The van der Waals surface area contributed by atoms with E-state index in [2.05, 4.69) is 67.9 Å². The molecular formula is C22H23Br2NO2S. The van der Waals surface area contributed by atoms with Gasteiger partial charge in [-0.25, -0.2) is 0 Å². The summed E-state index contributed by atoms with van der Waals surface area (Å²) in [7, 11) is 0. The molecule has 3 nitrogen and oxygen atoms in total. The lowest BCUT2D eigenvalue weighted by atomic mass is 9.93. The van der Waals surface area contributed by atoms with E-state index in [-0.39, 0.29) is 5.78 Å². The Morgan fingerprint density at radius 1 is 1.11 bits per heavy atom. The number of rotatable bonds is 4. The molecule has 0 radical (unpaired) electrons. The Hall–Kier alpha value is -0.820. The van der Waals surface area contributed by atoms with Crippen LogP contribution in [-0.4, -0.2) is 41.7 Å². The summed E-state index contributed by atoms with van der Waals surface area (Å²) in [5.74, 6) is 0.818. The lowest BCUT2D eigenvalue weighted by molar-refractivity contribution is 0.0806. The Bertz CT molecular complexity index is 881. The zero-order valence-electron chi connectivity index (χ0n) is 15.8. The van der Waals surface area contributed by atoms with Crippen molar-refractivity contribution < 1.29 is 9.53 Å². The predicted octanol–water partition coefficient (Wildman–Crippen LogP) is 6.11. The van der Waals surface area contributed by atoms with Crippen LogP contribution in [0.3, 0.4) is 0 Å². The SMILES string of the molecule is Cc1ccc(S[C@]2(CN3CCCCC3)COc3c(Br)cc(Br)cc3C2=O)cc1. The summed E-state index contributed by atoms with van der Waals surface area (Å²) in [4.78, 5) is 17.4. The van der Waals surface area contributed by atoms with Crippen LogP contribution in [0.1, 0.15) is 35.2 Å². The highest BCUT2D eigenvalue weighted by atomic mass is 79.9. The summed E-state index contributed by atoms with van der Waals surface area (Å²) in [5, 5.41) is 0. The van der Waals surface area contributed by atoms with Crippen LogP contribution < -0.4 is 4.74 Å². The molecule has 2 aliphatic rings. The predicted molar refractivity (Wildman–Crippen MR) is 122 cm³/mol.